The first-order chi connectivity index (χ1) is 9.43. The lowest BCUT2D eigenvalue weighted by atomic mass is 9.87. The number of hydrogen-bond acceptors (Lipinski definition) is 5. The van der Waals surface area contributed by atoms with Crippen LogP contribution in [-0.2, 0) is 9.59 Å². The smallest absolute Gasteiger partial charge is 0.273 e. The standard InChI is InChI=1S/C13H12N2O5/c1-7-8(3-2-4-9(7)15(19)20)12(17)11-10(16)5-6-14-13(11)18/h2-4,11H,5-6H2,1H3,(H,14,18). The van der Waals surface area contributed by atoms with Crippen molar-refractivity contribution in [1.29, 1.82) is 0 Å². The number of carbonyl (C=O) groups excluding carboxylic acids is 3. The Labute approximate surface area is 114 Å². The van der Waals surface area contributed by atoms with Gasteiger partial charge in [-0.3, -0.25) is 24.5 Å². The fraction of sp³-hybridized carbons (Fsp3) is 0.308. The lowest BCUT2D eigenvalue weighted by Crippen LogP contribution is -2.46. The highest BCUT2D eigenvalue weighted by Crippen LogP contribution is 2.24. The number of nitrogens with zero attached hydrogens (tertiary/aromatic N) is 1. The molecule has 1 amide bonds. The summed E-state index contributed by atoms with van der Waals surface area (Å²) in [6, 6.07) is 4.03. The van der Waals surface area contributed by atoms with E-state index in [4.69, 9.17) is 0 Å². The Kier molecular flexibility index (Phi) is 3.60. The van der Waals surface area contributed by atoms with E-state index in [1.54, 1.807) is 0 Å². The third-order valence-electron chi connectivity index (χ3n) is 3.28. The van der Waals surface area contributed by atoms with Gasteiger partial charge in [-0.15, -0.1) is 0 Å². The zero-order chi connectivity index (χ0) is 14.9. The first-order valence-electron chi connectivity index (χ1n) is 6.02. The minimum Gasteiger partial charge on any atom is -0.355 e. The lowest BCUT2D eigenvalue weighted by Gasteiger charge is -2.20. The average molecular weight is 276 g/mol. The van der Waals surface area contributed by atoms with Gasteiger partial charge in [0.1, 0.15) is 0 Å². The second-order valence-electron chi connectivity index (χ2n) is 4.51. The number of hydrogen-bond donors (Lipinski definition) is 1. The minimum absolute atomic E-state index is 0.0367. The quantitative estimate of drug-likeness (QED) is 0.380. The van der Waals surface area contributed by atoms with Crippen LogP contribution in [0.15, 0.2) is 18.2 Å². The maximum absolute atomic E-state index is 12.3. The fourth-order valence-electron chi connectivity index (χ4n) is 2.21. The Morgan fingerprint density at radius 3 is 2.70 bits per heavy atom. The molecule has 0 saturated carbocycles. The fourth-order valence-corrected chi connectivity index (χ4v) is 2.21. The molecule has 0 aliphatic carbocycles. The SMILES string of the molecule is Cc1c(C(=O)C2C(=O)CCNC2=O)cccc1[N+](=O)[O-]. The highest BCUT2D eigenvalue weighted by molar-refractivity contribution is 6.25. The van der Waals surface area contributed by atoms with Crippen LogP contribution in [0, 0.1) is 23.0 Å². The number of amides is 1. The summed E-state index contributed by atoms with van der Waals surface area (Å²) in [5.74, 6) is -3.18. The van der Waals surface area contributed by atoms with Gasteiger partial charge in [0.05, 0.1) is 4.92 Å². The summed E-state index contributed by atoms with van der Waals surface area (Å²) >= 11 is 0. The number of carbonyl (C=O) groups is 3. The zero-order valence-corrected chi connectivity index (χ0v) is 10.7. The van der Waals surface area contributed by atoms with Crippen LogP contribution in [0.1, 0.15) is 22.3 Å². The molecule has 1 saturated heterocycles. The topological polar surface area (TPSA) is 106 Å². The Hall–Kier alpha value is -2.57. The van der Waals surface area contributed by atoms with Crippen LogP contribution in [0.5, 0.6) is 0 Å². The van der Waals surface area contributed by atoms with Crippen molar-refractivity contribution in [1.82, 2.24) is 5.32 Å². The molecule has 1 aliphatic heterocycles. The van der Waals surface area contributed by atoms with Crippen molar-refractivity contribution in [3.63, 3.8) is 0 Å². The van der Waals surface area contributed by atoms with Crippen LogP contribution >= 0.6 is 0 Å². The van der Waals surface area contributed by atoms with Gasteiger partial charge in [-0.1, -0.05) is 12.1 Å². The molecule has 2 rings (SSSR count). The van der Waals surface area contributed by atoms with Gasteiger partial charge >= 0.3 is 0 Å². The molecule has 1 atom stereocenters. The molecule has 1 aromatic rings. The number of nitro benzene ring substituents is 1. The third-order valence-corrected chi connectivity index (χ3v) is 3.28. The van der Waals surface area contributed by atoms with Crippen molar-refractivity contribution >= 4 is 23.2 Å². The minimum atomic E-state index is -1.40. The van der Waals surface area contributed by atoms with Crippen molar-refractivity contribution in [2.75, 3.05) is 6.54 Å². The predicted octanol–water partition coefficient (Wildman–Crippen LogP) is 0.791. The molecule has 1 N–H and O–H groups in total. The van der Waals surface area contributed by atoms with Gasteiger partial charge in [0, 0.05) is 30.2 Å². The van der Waals surface area contributed by atoms with Gasteiger partial charge in [0.25, 0.3) is 5.69 Å². The summed E-state index contributed by atoms with van der Waals surface area (Å²) in [5, 5.41) is 13.3. The van der Waals surface area contributed by atoms with E-state index in [0.29, 0.717) is 0 Å². The molecule has 0 bridgehead atoms. The van der Waals surface area contributed by atoms with Crippen molar-refractivity contribution in [3.8, 4) is 0 Å². The van der Waals surface area contributed by atoms with Crippen molar-refractivity contribution < 1.29 is 19.3 Å². The Balaban J connectivity index is 2.43. The normalized spacial score (nSPS) is 18.6. The number of ketones is 2. The summed E-state index contributed by atoms with van der Waals surface area (Å²) in [7, 11) is 0. The van der Waals surface area contributed by atoms with Gasteiger partial charge in [-0.25, -0.2) is 0 Å². The monoisotopic (exact) mass is 276 g/mol. The predicted molar refractivity (Wildman–Crippen MR) is 68.3 cm³/mol. The molecule has 104 valence electrons. The number of rotatable bonds is 3. The summed E-state index contributed by atoms with van der Waals surface area (Å²) in [5.41, 5.74) is -0.0113. The Morgan fingerprint density at radius 2 is 2.10 bits per heavy atom. The van der Waals surface area contributed by atoms with Crippen LogP contribution in [0.25, 0.3) is 0 Å². The van der Waals surface area contributed by atoms with E-state index in [2.05, 4.69) is 5.32 Å². The first-order valence-corrected chi connectivity index (χ1v) is 6.02. The largest absolute Gasteiger partial charge is 0.355 e. The highest BCUT2D eigenvalue weighted by Gasteiger charge is 2.37. The molecule has 1 fully saturated rings. The number of nitro groups is 1. The first kappa shape index (κ1) is 13.9. The van der Waals surface area contributed by atoms with E-state index in [9.17, 15) is 24.5 Å². The molecular formula is C13H12N2O5. The molecular weight excluding hydrogens is 264 g/mol. The molecule has 7 nitrogen and oxygen atoms in total. The summed E-state index contributed by atoms with van der Waals surface area (Å²) in [4.78, 5) is 46.0. The molecule has 0 radical (unpaired) electrons. The number of nitrogens with one attached hydrogen (secondary N) is 1. The molecule has 0 aromatic heterocycles. The van der Waals surface area contributed by atoms with Crippen LogP contribution in [0.3, 0.4) is 0 Å². The molecule has 7 heteroatoms. The Morgan fingerprint density at radius 1 is 1.40 bits per heavy atom. The van der Waals surface area contributed by atoms with E-state index in [1.807, 2.05) is 0 Å². The lowest BCUT2D eigenvalue weighted by molar-refractivity contribution is -0.385. The van der Waals surface area contributed by atoms with E-state index in [0.717, 1.165) is 0 Å². The average Bonchev–Trinajstić information content (AvgIpc) is 2.38. The van der Waals surface area contributed by atoms with Crippen LogP contribution in [-0.4, -0.2) is 28.9 Å². The van der Waals surface area contributed by atoms with Gasteiger partial charge in [-0.05, 0) is 6.92 Å². The molecule has 0 spiro atoms. The number of Topliss-reactive ketones (excluding diaryl/α,β-unsaturated/α-hetero) is 2. The van der Waals surface area contributed by atoms with Crippen LogP contribution in [0.4, 0.5) is 5.69 Å². The molecule has 1 heterocycles. The molecule has 1 aromatic carbocycles. The number of benzene rings is 1. The Bertz CT molecular complexity index is 607. The highest BCUT2D eigenvalue weighted by atomic mass is 16.6. The van der Waals surface area contributed by atoms with E-state index < -0.39 is 28.3 Å². The van der Waals surface area contributed by atoms with Crippen molar-refractivity contribution in [2.45, 2.75) is 13.3 Å². The van der Waals surface area contributed by atoms with E-state index >= 15 is 0 Å². The third kappa shape index (κ3) is 2.29. The van der Waals surface area contributed by atoms with Gasteiger partial charge < -0.3 is 5.32 Å². The van der Waals surface area contributed by atoms with Crippen molar-refractivity contribution in [2.24, 2.45) is 5.92 Å². The molecule has 1 unspecified atom stereocenters. The molecule has 1 aliphatic rings. The summed E-state index contributed by atoms with van der Waals surface area (Å²) in [6.07, 6.45) is 0.0934. The van der Waals surface area contributed by atoms with E-state index in [-0.39, 0.29) is 29.8 Å². The van der Waals surface area contributed by atoms with Gasteiger partial charge in [0.15, 0.2) is 17.5 Å². The van der Waals surface area contributed by atoms with Crippen LogP contribution in [0.2, 0.25) is 0 Å². The summed E-state index contributed by atoms with van der Waals surface area (Å²) in [6.45, 7) is 1.64. The summed E-state index contributed by atoms with van der Waals surface area (Å²) < 4.78 is 0. The van der Waals surface area contributed by atoms with Crippen molar-refractivity contribution in [3.05, 3.63) is 39.4 Å². The number of piperidine rings is 1. The van der Waals surface area contributed by atoms with Gasteiger partial charge in [0.2, 0.25) is 5.91 Å². The maximum Gasteiger partial charge on any atom is 0.273 e. The second kappa shape index (κ2) is 5.20. The second-order valence-corrected chi connectivity index (χ2v) is 4.51. The van der Waals surface area contributed by atoms with Crippen LogP contribution < -0.4 is 5.32 Å². The van der Waals surface area contributed by atoms with E-state index in [1.165, 1.54) is 25.1 Å². The van der Waals surface area contributed by atoms with Gasteiger partial charge in [-0.2, -0.15) is 0 Å². The molecule has 20 heavy (non-hydrogen) atoms. The maximum atomic E-state index is 12.3. The zero-order valence-electron chi connectivity index (χ0n) is 10.7.